The molecule has 0 aliphatic heterocycles. The van der Waals surface area contributed by atoms with Crippen molar-refractivity contribution < 1.29 is 14.3 Å². The van der Waals surface area contributed by atoms with Crippen LogP contribution in [0.2, 0.25) is 0 Å². The van der Waals surface area contributed by atoms with Gasteiger partial charge in [0.25, 0.3) is 5.91 Å². The number of carbonyl (C=O) groups is 2. The van der Waals surface area contributed by atoms with Gasteiger partial charge in [0.1, 0.15) is 0 Å². The molecule has 0 bridgehead atoms. The van der Waals surface area contributed by atoms with Crippen LogP contribution in [-0.4, -0.2) is 24.5 Å². The summed E-state index contributed by atoms with van der Waals surface area (Å²) in [5, 5.41) is 2.85. The highest BCUT2D eigenvalue weighted by Gasteiger charge is 2.09. The Kier molecular flexibility index (Phi) is 7.62. The molecule has 0 aromatic heterocycles. The van der Waals surface area contributed by atoms with Crippen LogP contribution in [0.5, 0.6) is 0 Å². The maximum Gasteiger partial charge on any atom is 0.331 e. The molecule has 1 amide bonds. The first-order chi connectivity index (χ1) is 12.5. The summed E-state index contributed by atoms with van der Waals surface area (Å²) in [6.45, 7) is 3.67. The van der Waals surface area contributed by atoms with Crippen LogP contribution >= 0.6 is 0 Å². The molecule has 4 nitrogen and oxygen atoms in total. The zero-order valence-electron chi connectivity index (χ0n) is 15.3. The van der Waals surface area contributed by atoms with Gasteiger partial charge in [-0.15, -0.1) is 0 Å². The maximum atomic E-state index is 11.9. The minimum Gasteiger partial charge on any atom is -0.452 e. The van der Waals surface area contributed by atoms with E-state index in [-0.39, 0.29) is 18.6 Å². The van der Waals surface area contributed by atoms with Crippen LogP contribution in [0.3, 0.4) is 0 Å². The lowest BCUT2D eigenvalue weighted by Gasteiger charge is -2.13. The minimum atomic E-state index is -0.530. The van der Waals surface area contributed by atoms with Crippen molar-refractivity contribution in [3.8, 4) is 0 Å². The van der Waals surface area contributed by atoms with Crippen LogP contribution in [0, 0.1) is 6.92 Å². The molecule has 2 aromatic rings. The number of hydrogen-bond acceptors (Lipinski definition) is 3. The number of rotatable bonds is 8. The molecule has 1 atom stereocenters. The number of amides is 1. The Bertz CT molecular complexity index is 736. The maximum absolute atomic E-state index is 11.9. The number of esters is 1. The highest BCUT2D eigenvalue weighted by molar-refractivity contribution is 5.89. The van der Waals surface area contributed by atoms with Crippen molar-refractivity contribution in [2.75, 3.05) is 6.61 Å². The van der Waals surface area contributed by atoms with Crippen LogP contribution in [-0.2, 0) is 20.7 Å². The standard InChI is InChI=1S/C22H25NO3/c1-17-8-11-20(12-9-17)14-15-22(25)26-16-21(24)23-18(2)10-13-19-6-4-3-5-7-19/h3-9,11-12,14-15,18H,10,13,16H2,1-2H3,(H,23,24)/b15-14+/t18-/m0/s1. The first-order valence-electron chi connectivity index (χ1n) is 8.78. The molecule has 0 unspecified atom stereocenters. The minimum absolute atomic E-state index is 0.0181. The fraction of sp³-hybridized carbons (Fsp3) is 0.273. The Morgan fingerprint density at radius 2 is 1.77 bits per heavy atom. The molecular weight excluding hydrogens is 326 g/mol. The Morgan fingerprint density at radius 3 is 2.46 bits per heavy atom. The molecule has 2 rings (SSSR count). The Labute approximate surface area is 154 Å². The van der Waals surface area contributed by atoms with Gasteiger partial charge in [0.05, 0.1) is 0 Å². The van der Waals surface area contributed by atoms with E-state index < -0.39 is 5.97 Å². The summed E-state index contributed by atoms with van der Waals surface area (Å²) in [5.41, 5.74) is 3.30. The number of carbonyl (C=O) groups excluding carboxylic acids is 2. The molecule has 136 valence electrons. The van der Waals surface area contributed by atoms with E-state index in [0.29, 0.717) is 0 Å². The third-order valence-electron chi connectivity index (χ3n) is 3.95. The first-order valence-corrected chi connectivity index (χ1v) is 8.78. The average Bonchev–Trinajstić information content (AvgIpc) is 2.65. The topological polar surface area (TPSA) is 55.4 Å². The molecule has 0 aliphatic rings. The summed E-state index contributed by atoms with van der Waals surface area (Å²) in [7, 11) is 0. The monoisotopic (exact) mass is 351 g/mol. The third-order valence-corrected chi connectivity index (χ3v) is 3.95. The van der Waals surface area contributed by atoms with Gasteiger partial charge in [0.2, 0.25) is 0 Å². The van der Waals surface area contributed by atoms with Gasteiger partial charge in [-0.1, -0.05) is 60.2 Å². The Morgan fingerprint density at radius 1 is 1.08 bits per heavy atom. The molecule has 0 aliphatic carbocycles. The van der Waals surface area contributed by atoms with Crippen molar-refractivity contribution in [2.24, 2.45) is 0 Å². The molecule has 0 saturated carbocycles. The molecule has 4 heteroatoms. The number of ether oxygens (including phenoxy) is 1. The second kappa shape index (κ2) is 10.2. The summed E-state index contributed by atoms with van der Waals surface area (Å²) in [6, 6.07) is 17.9. The lowest BCUT2D eigenvalue weighted by Crippen LogP contribution is -2.36. The van der Waals surface area contributed by atoms with Gasteiger partial charge in [0.15, 0.2) is 6.61 Å². The number of hydrogen-bond donors (Lipinski definition) is 1. The molecule has 26 heavy (non-hydrogen) atoms. The van der Waals surface area contributed by atoms with Gasteiger partial charge in [-0.05, 0) is 43.9 Å². The van der Waals surface area contributed by atoms with Crippen LogP contribution in [0.25, 0.3) is 6.08 Å². The lowest BCUT2D eigenvalue weighted by atomic mass is 10.1. The summed E-state index contributed by atoms with van der Waals surface area (Å²) in [6.07, 6.45) is 4.72. The summed E-state index contributed by atoms with van der Waals surface area (Å²) < 4.78 is 4.98. The van der Waals surface area contributed by atoms with Crippen molar-refractivity contribution >= 4 is 18.0 Å². The number of aryl methyl sites for hydroxylation is 2. The SMILES string of the molecule is Cc1ccc(/C=C/C(=O)OCC(=O)N[C@@H](C)CCc2ccccc2)cc1. The number of nitrogens with one attached hydrogen (secondary N) is 1. The van der Waals surface area contributed by atoms with E-state index >= 15 is 0 Å². The quantitative estimate of drug-likeness (QED) is 0.583. The second-order valence-electron chi connectivity index (χ2n) is 6.34. The van der Waals surface area contributed by atoms with E-state index in [9.17, 15) is 9.59 Å². The van der Waals surface area contributed by atoms with E-state index in [2.05, 4.69) is 17.4 Å². The molecule has 0 saturated heterocycles. The second-order valence-corrected chi connectivity index (χ2v) is 6.34. The fourth-order valence-electron chi connectivity index (χ4n) is 2.44. The van der Waals surface area contributed by atoms with E-state index in [1.165, 1.54) is 11.6 Å². The summed E-state index contributed by atoms with van der Waals surface area (Å²) in [4.78, 5) is 23.6. The van der Waals surface area contributed by atoms with Crippen molar-refractivity contribution in [1.82, 2.24) is 5.32 Å². The molecule has 1 N–H and O–H groups in total. The van der Waals surface area contributed by atoms with E-state index in [0.717, 1.165) is 24.0 Å². The van der Waals surface area contributed by atoms with E-state index in [1.807, 2.05) is 56.3 Å². The van der Waals surface area contributed by atoms with Gasteiger partial charge in [-0.3, -0.25) is 4.79 Å². The summed E-state index contributed by atoms with van der Waals surface area (Å²) in [5.74, 6) is -0.819. The van der Waals surface area contributed by atoms with Crippen LogP contribution < -0.4 is 5.32 Å². The van der Waals surface area contributed by atoms with Crippen LogP contribution in [0.15, 0.2) is 60.7 Å². The lowest BCUT2D eigenvalue weighted by molar-refractivity contribution is -0.144. The average molecular weight is 351 g/mol. The van der Waals surface area contributed by atoms with E-state index in [4.69, 9.17) is 4.74 Å². The van der Waals surface area contributed by atoms with Gasteiger partial charge < -0.3 is 10.1 Å². The van der Waals surface area contributed by atoms with Crippen molar-refractivity contribution in [1.29, 1.82) is 0 Å². The highest BCUT2D eigenvalue weighted by atomic mass is 16.5. The Balaban J connectivity index is 1.67. The van der Waals surface area contributed by atoms with Crippen LogP contribution in [0.4, 0.5) is 0 Å². The Hall–Kier alpha value is -2.88. The van der Waals surface area contributed by atoms with Crippen molar-refractivity contribution in [3.63, 3.8) is 0 Å². The highest BCUT2D eigenvalue weighted by Crippen LogP contribution is 2.06. The van der Waals surface area contributed by atoms with Crippen LogP contribution in [0.1, 0.15) is 30.0 Å². The van der Waals surface area contributed by atoms with Gasteiger partial charge in [-0.2, -0.15) is 0 Å². The fourth-order valence-corrected chi connectivity index (χ4v) is 2.44. The molecule has 0 radical (unpaired) electrons. The molecular formula is C22H25NO3. The smallest absolute Gasteiger partial charge is 0.331 e. The molecule has 0 fully saturated rings. The third kappa shape index (κ3) is 7.34. The zero-order chi connectivity index (χ0) is 18.8. The largest absolute Gasteiger partial charge is 0.452 e. The first kappa shape index (κ1) is 19.4. The van der Waals surface area contributed by atoms with Gasteiger partial charge in [0, 0.05) is 12.1 Å². The van der Waals surface area contributed by atoms with Crippen molar-refractivity contribution in [3.05, 3.63) is 77.4 Å². The number of benzene rings is 2. The van der Waals surface area contributed by atoms with Gasteiger partial charge in [-0.25, -0.2) is 4.79 Å². The predicted octanol–water partition coefficient (Wildman–Crippen LogP) is 3.69. The molecule has 0 spiro atoms. The summed E-state index contributed by atoms with van der Waals surface area (Å²) >= 11 is 0. The molecule has 2 aromatic carbocycles. The molecule has 0 heterocycles. The van der Waals surface area contributed by atoms with E-state index in [1.54, 1.807) is 6.08 Å². The normalized spacial score (nSPS) is 11.9. The van der Waals surface area contributed by atoms with Crippen molar-refractivity contribution in [2.45, 2.75) is 32.7 Å². The predicted molar refractivity (Wildman–Crippen MR) is 104 cm³/mol. The zero-order valence-corrected chi connectivity index (χ0v) is 15.3. The van der Waals surface area contributed by atoms with Gasteiger partial charge >= 0.3 is 5.97 Å².